The molecule has 4 N–H and O–H groups in total. The van der Waals surface area contributed by atoms with Crippen molar-refractivity contribution >= 4 is 23.2 Å². The molecule has 0 fully saturated rings. The molecule has 0 bridgehead atoms. The van der Waals surface area contributed by atoms with Crippen LogP contribution in [0.4, 0.5) is 0 Å². The van der Waals surface area contributed by atoms with Gasteiger partial charge in [-0.05, 0) is 6.92 Å². The molecule has 0 unspecified atom stereocenters. The second-order valence-electron chi connectivity index (χ2n) is 3.13. The van der Waals surface area contributed by atoms with Crippen LogP contribution in [0.25, 0.3) is 0 Å². The number of aromatic nitrogens is 1. The van der Waals surface area contributed by atoms with Crippen LogP contribution in [0.5, 0.6) is 0 Å². The van der Waals surface area contributed by atoms with Crippen LogP contribution >= 0.6 is 11.3 Å². The summed E-state index contributed by atoms with van der Waals surface area (Å²) in [5, 5.41) is 12.0. The van der Waals surface area contributed by atoms with Crippen LogP contribution in [0.15, 0.2) is 0 Å². The molecule has 1 rings (SSSR count). The van der Waals surface area contributed by atoms with Gasteiger partial charge in [0.2, 0.25) is 5.91 Å². The molecule has 1 aromatic rings. The quantitative estimate of drug-likeness (QED) is 0.681. The fourth-order valence-corrected chi connectivity index (χ4v) is 1.98. The van der Waals surface area contributed by atoms with E-state index in [0.717, 1.165) is 0 Å². The molecule has 0 spiro atoms. The number of amides is 1. The van der Waals surface area contributed by atoms with Crippen LogP contribution in [0.3, 0.4) is 0 Å². The number of nitrogens with zero attached hydrogens (tertiary/aromatic N) is 1. The second-order valence-corrected chi connectivity index (χ2v) is 4.42. The van der Waals surface area contributed by atoms with Crippen LogP contribution in [0, 0.1) is 6.92 Å². The first-order valence-corrected chi connectivity index (χ1v) is 5.52. The molecule has 0 atom stereocenters. The number of carbonyl (C=O) groups excluding carboxylic acids is 1. The number of nitrogens with two attached hydrogens (primary N) is 1. The SMILES string of the molecule is Cc1sc(CNC(=O)CCN)nc1C(=O)O. The summed E-state index contributed by atoms with van der Waals surface area (Å²) in [5.74, 6) is -1.21. The third-order valence-corrected chi connectivity index (χ3v) is 2.82. The van der Waals surface area contributed by atoms with Crippen molar-refractivity contribution in [2.45, 2.75) is 19.9 Å². The van der Waals surface area contributed by atoms with Crippen molar-refractivity contribution in [3.63, 3.8) is 0 Å². The zero-order chi connectivity index (χ0) is 12.1. The summed E-state index contributed by atoms with van der Waals surface area (Å²) in [5.41, 5.74) is 5.26. The van der Waals surface area contributed by atoms with Gasteiger partial charge in [-0.3, -0.25) is 4.79 Å². The predicted molar refractivity (Wildman–Crippen MR) is 59.3 cm³/mol. The van der Waals surface area contributed by atoms with E-state index in [1.54, 1.807) is 6.92 Å². The summed E-state index contributed by atoms with van der Waals surface area (Å²) in [6.07, 6.45) is 0.260. The van der Waals surface area contributed by atoms with Crippen LogP contribution in [-0.2, 0) is 11.3 Å². The Labute approximate surface area is 96.5 Å². The van der Waals surface area contributed by atoms with Crippen LogP contribution in [-0.4, -0.2) is 28.5 Å². The molecule has 1 amide bonds. The molecule has 7 heteroatoms. The van der Waals surface area contributed by atoms with E-state index in [2.05, 4.69) is 10.3 Å². The molecule has 0 saturated carbocycles. The molecule has 1 heterocycles. The van der Waals surface area contributed by atoms with Gasteiger partial charge < -0.3 is 16.2 Å². The Balaban J connectivity index is 2.58. The third kappa shape index (κ3) is 3.28. The number of hydrogen-bond donors (Lipinski definition) is 3. The van der Waals surface area contributed by atoms with Crippen LogP contribution in [0.1, 0.15) is 26.8 Å². The number of nitrogens with one attached hydrogen (secondary N) is 1. The lowest BCUT2D eigenvalue weighted by Gasteiger charge is -2.00. The Morgan fingerprint density at radius 1 is 1.56 bits per heavy atom. The molecule has 6 nitrogen and oxygen atoms in total. The molecule has 0 radical (unpaired) electrons. The van der Waals surface area contributed by atoms with Crippen molar-refractivity contribution in [1.82, 2.24) is 10.3 Å². The highest BCUT2D eigenvalue weighted by Crippen LogP contribution is 2.17. The number of aromatic carboxylic acids is 1. The van der Waals surface area contributed by atoms with Crippen molar-refractivity contribution in [3.05, 3.63) is 15.6 Å². The molecule has 0 saturated heterocycles. The van der Waals surface area contributed by atoms with E-state index in [1.807, 2.05) is 0 Å². The van der Waals surface area contributed by atoms with E-state index in [0.29, 0.717) is 16.4 Å². The Morgan fingerprint density at radius 2 is 2.25 bits per heavy atom. The molecule has 1 aromatic heterocycles. The average Bonchev–Trinajstić information content (AvgIpc) is 2.57. The average molecular weight is 243 g/mol. The number of carbonyl (C=O) groups is 2. The maximum Gasteiger partial charge on any atom is 0.355 e. The number of hydrogen-bond acceptors (Lipinski definition) is 5. The van der Waals surface area contributed by atoms with Gasteiger partial charge in [-0.2, -0.15) is 0 Å². The van der Waals surface area contributed by atoms with Gasteiger partial charge in [0.25, 0.3) is 0 Å². The Hall–Kier alpha value is -1.47. The third-order valence-electron chi connectivity index (χ3n) is 1.85. The largest absolute Gasteiger partial charge is 0.476 e. The molecule has 0 aliphatic rings. The molecular formula is C9H13N3O3S. The maximum absolute atomic E-state index is 11.1. The maximum atomic E-state index is 11.1. The highest BCUT2D eigenvalue weighted by molar-refractivity contribution is 7.11. The van der Waals surface area contributed by atoms with Gasteiger partial charge in [0.05, 0.1) is 6.54 Å². The molecule has 0 aliphatic heterocycles. The Kier molecular flexibility index (Phi) is 4.39. The van der Waals surface area contributed by atoms with Crippen molar-refractivity contribution in [1.29, 1.82) is 0 Å². The zero-order valence-electron chi connectivity index (χ0n) is 8.82. The molecule has 0 aromatic carbocycles. The molecule has 16 heavy (non-hydrogen) atoms. The van der Waals surface area contributed by atoms with Gasteiger partial charge in [0.1, 0.15) is 5.01 Å². The summed E-state index contributed by atoms with van der Waals surface area (Å²) in [4.78, 5) is 26.4. The first kappa shape index (κ1) is 12.6. The minimum atomic E-state index is -1.05. The summed E-state index contributed by atoms with van der Waals surface area (Å²) >= 11 is 1.26. The van der Waals surface area contributed by atoms with Gasteiger partial charge >= 0.3 is 5.97 Å². The highest BCUT2D eigenvalue weighted by Gasteiger charge is 2.14. The van der Waals surface area contributed by atoms with E-state index in [-0.39, 0.29) is 24.6 Å². The van der Waals surface area contributed by atoms with E-state index in [4.69, 9.17) is 10.8 Å². The number of rotatable bonds is 5. The monoisotopic (exact) mass is 243 g/mol. The lowest BCUT2D eigenvalue weighted by atomic mass is 10.4. The summed E-state index contributed by atoms with van der Waals surface area (Å²) in [6, 6.07) is 0. The minimum Gasteiger partial charge on any atom is -0.476 e. The summed E-state index contributed by atoms with van der Waals surface area (Å²) in [7, 11) is 0. The first-order valence-electron chi connectivity index (χ1n) is 4.71. The topological polar surface area (TPSA) is 105 Å². The minimum absolute atomic E-state index is 0.0491. The molecule has 88 valence electrons. The number of carboxylic acid groups (broad SMARTS) is 1. The van der Waals surface area contributed by atoms with Crippen molar-refractivity contribution in [2.24, 2.45) is 5.73 Å². The fourth-order valence-electron chi connectivity index (χ4n) is 1.12. The van der Waals surface area contributed by atoms with Crippen molar-refractivity contribution < 1.29 is 14.7 Å². The first-order chi connectivity index (χ1) is 7.54. The lowest BCUT2D eigenvalue weighted by molar-refractivity contribution is -0.121. The number of aryl methyl sites for hydroxylation is 1. The van der Waals surface area contributed by atoms with Gasteiger partial charge in [0, 0.05) is 17.8 Å². The van der Waals surface area contributed by atoms with E-state index >= 15 is 0 Å². The van der Waals surface area contributed by atoms with Crippen molar-refractivity contribution in [2.75, 3.05) is 6.54 Å². The van der Waals surface area contributed by atoms with E-state index in [9.17, 15) is 9.59 Å². The standard InChI is InChI=1S/C9H13N3O3S/c1-5-8(9(14)15)12-7(16-5)4-11-6(13)2-3-10/h2-4,10H2,1H3,(H,11,13)(H,14,15). The van der Waals surface area contributed by atoms with Gasteiger partial charge in [-0.15, -0.1) is 11.3 Å². The van der Waals surface area contributed by atoms with Crippen LogP contribution < -0.4 is 11.1 Å². The summed E-state index contributed by atoms with van der Waals surface area (Å²) in [6.45, 7) is 2.23. The Bertz CT molecular complexity index is 403. The summed E-state index contributed by atoms with van der Waals surface area (Å²) < 4.78 is 0. The van der Waals surface area contributed by atoms with Crippen LogP contribution in [0.2, 0.25) is 0 Å². The normalized spacial score (nSPS) is 10.1. The van der Waals surface area contributed by atoms with Crippen molar-refractivity contribution in [3.8, 4) is 0 Å². The van der Waals surface area contributed by atoms with Gasteiger partial charge in [-0.25, -0.2) is 9.78 Å². The van der Waals surface area contributed by atoms with Gasteiger partial charge in [-0.1, -0.05) is 0 Å². The van der Waals surface area contributed by atoms with E-state index < -0.39 is 5.97 Å². The zero-order valence-corrected chi connectivity index (χ0v) is 9.63. The van der Waals surface area contributed by atoms with E-state index in [1.165, 1.54) is 11.3 Å². The molecular weight excluding hydrogens is 230 g/mol. The second kappa shape index (κ2) is 5.57. The smallest absolute Gasteiger partial charge is 0.355 e. The fraction of sp³-hybridized carbons (Fsp3) is 0.444. The lowest BCUT2D eigenvalue weighted by Crippen LogP contribution is -2.24. The molecule has 0 aliphatic carbocycles. The predicted octanol–water partition coefficient (Wildman–Crippen LogP) is 0.115. The Morgan fingerprint density at radius 3 is 2.75 bits per heavy atom. The van der Waals surface area contributed by atoms with Gasteiger partial charge in [0.15, 0.2) is 5.69 Å². The number of carboxylic acids is 1. The highest BCUT2D eigenvalue weighted by atomic mass is 32.1. The number of thiazole rings is 1.